The van der Waals surface area contributed by atoms with Crippen LogP contribution in [0.2, 0.25) is 0 Å². The number of aryl methyl sites for hydroxylation is 1. The minimum absolute atomic E-state index is 0.625. The lowest BCUT2D eigenvalue weighted by molar-refractivity contribution is 0.553. The van der Waals surface area contributed by atoms with Gasteiger partial charge in [0.15, 0.2) is 5.16 Å². The van der Waals surface area contributed by atoms with Crippen LogP contribution in [0.3, 0.4) is 0 Å². The quantitative estimate of drug-likeness (QED) is 0.611. The molecular weight excluding hydrogens is 206 g/mol. The van der Waals surface area contributed by atoms with Gasteiger partial charge in [0, 0.05) is 24.2 Å². The maximum atomic E-state index is 4.29. The maximum Gasteiger partial charge on any atom is 0.187 e. The number of nitrogens with zero attached hydrogens (tertiary/aromatic N) is 2. The first-order chi connectivity index (χ1) is 7.29. The van der Waals surface area contributed by atoms with Gasteiger partial charge in [0.05, 0.1) is 0 Å². The molecule has 1 atom stereocenters. The van der Waals surface area contributed by atoms with Gasteiger partial charge >= 0.3 is 0 Å². The molecule has 1 aromatic rings. The fraction of sp³-hybridized carbons (Fsp3) is 0.636. The van der Waals surface area contributed by atoms with E-state index in [1.165, 1.54) is 12.8 Å². The van der Waals surface area contributed by atoms with Crippen LogP contribution in [0.5, 0.6) is 0 Å². The Balaban J connectivity index is 1.83. The van der Waals surface area contributed by atoms with Crippen LogP contribution in [0.25, 0.3) is 0 Å². The second kappa shape index (κ2) is 4.94. The van der Waals surface area contributed by atoms with Gasteiger partial charge in [-0.05, 0) is 38.3 Å². The zero-order valence-electron chi connectivity index (χ0n) is 9.23. The second-order valence-electron chi connectivity index (χ2n) is 4.09. The first-order valence-corrected chi connectivity index (χ1v) is 6.37. The number of thioether (sulfide) groups is 1. The zero-order valence-corrected chi connectivity index (χ0v) is 10.0. The number of aromatic nitrogens is 2. The predicted octanol–water partition coefficient (Wildman–Crippen LogP) is 1.88. The van der Waals surface area contributed by atoms with Gasteiger partial charge in [-0.1, -0.05) is 11.8 Å². The van der Waals surface area contributed by atoms with E-state index in [-0.39, 0.29) is 0 Å². The van der Waals surface area contributed by atoms with Crippen LogP contribution >= 0.6 is 11.8 Å². The van der Waals surface area contributed by atoms with Crippen molar-refractivity contribution in [3.8, 4) is 0 Å². The van der Waals surface area contributed by atoms with E-state index in [0.29, 0.717) is 6.04 Å². The van der Waals surface area contributed by atoms with Crippen LogP contribution in [0.4, 0.5) is 0 Å². The Morgan fingerprint density at radius 2 is 2.13 bits per heavy atom. The van der Waals surface area contributed by atoms with E-state index in [0.717, 1.165) is 22.4 Å². The summed E-state index contributed by atoms with van der Waals surface area (Å²) in [4.78, 5) is 8.58. The van der Waals surface area contributed by atoms with Gasteiger partial charge < -0.3 is 5.32 Å². The minimum Gasteiger partial charge on any atom is -0.316 e. The lowest BCUT2D eigenvalue weighted by atomic mass is 10.2. The van der Waals surface area contributed by atoms with Crippen molar-refractivity contribution in [3.05, 3.63) is 18.0 Å². The smallest absolute Gasteiger partial charge is 0.187 e. The molecule has 0 radical (unpaired) electrons. The fourth-order valence-electron chi connectivity index (χ4n) is 1.57. The Labute approximate surface area is 95.1 Å². The van der Waals surface area contributed by atoms with Crippen molar-refractivity contribution in [2.75, 3.05) is 12.8 Å². The predicted molar refractivity (Wildman–Crippen MR) is 63.1 cm³/mol. The van der Waals surface area contributed by atoms with E-state index in [2.05, 4.69) is 15.3 Å². The Hall–Kier alpha value is -0.610. The maximum absolute atomic E-state index is 4.29. The number of hydrogen-bond donors (Lipinski definition) is 1. The largest absolute Gasteiger partial charge is 0.316 e. The molecule has 2 rings (SSSR count). The molecule has 0 spiro atoms. The molecule has 15 heavy (non-hydrogen) atoms. The summed E-state index contributed by atoms with van der Waals surface area (Å²) in [7, 11) is 2.04. The molecule has 4 heteroatoms. The Kier molecular flexibility index (Phi) is 3.59. The number of nitrogens with one attached hydrogen (secondary N) is 1. The molecule has 0 amide bonds. The Morgan fingerprint density at radius 1 is 1.47 bits per heavy atom. The average molecular weight is 223 g/mol. The lowest BCUT2D eigenvalue weighted by Gasteiger charge is -2.13. The zero-order chi connectivity index (χ0) is 10.7. The summed E-state index contributed by atoms with van der Waals surface area (Å²) in [6.07, 6.45) is 6.50. The van der Waals surface area contributed by atoms with Gasteiger partial charge in [0.25, 0.3) is 0 Å². The first-order valence-electron chi connectivity index (χ1n) is 5.38. The van der Waals surface area contributed by atoms with Gasteiger partial charge in [-0.2, -0.15) is 0 Å². The van der Waals surface area contributed by atoms with Crippen LogP contribution in [0, 0.1) is 12.8 Å². The third-order valence-corrected chi connectivity index (χ3v) is 3.71. The highest BCUT2D eigenvalue weighted by atomic mass is 32.2. The summed E-state index contributed by atoms with van der Waals surface area (Å²) < 4.78 is 0. The molecule has 1 heterocycles. The molecule has 1 aliphatic carbocycles. The summed E-state index contributed by atoms with van der Waals surface area (Å²) in [5, 5.41) is 4.26. The van der Waals surface area contributed by atoms with Crippen molar-refractivity contribution < 1.29 is 0 Å². The number of hydrogen-bond acceptors (Lipinski definition) is 4. The fourth-order valence-corrected chi connectivity index (χ4v) is 2.60. The van der Waals surface area contributed by atoms with Gasteiger partial charge in [0.1, 0.15) is 0 Å². The van der Waals surface area contributed by atoms with Crippen molar-refractivity contribution in [2.45, 2.75) is 31.0 Å². The summed E-state index contributed by atoms with van der Waals surface area (Å²) in [5.41, 5.74) is 1.12. The van der Waals surface area contributed by atoms with Crippen LogP contribution in [0.1, 0.15) is 18.4 Å². The third-order valence-electron chi connectivity index (χ3n) is 2.71. The molecule has 1 aromatic heterocycles. The molecular formula is C11H17N3S. The first kappa shape index (κ1) is 10.9. The normalized spacial score (nSPS) is 17.7. The molecule has 1 unspecified atom stereocenters. The van der Waals surface area contributed by atoms with Crippen molar-refractivity contribution in [1.29, 1.82) is 0 Å². The van der Waals surface area contributed by atoms with Crippen molar-refractivity contribution >= 4 is 11.8 Å². The van der Waals surface area contributed by atoms with E-state index in [4.69, 9.17) is 0 Å². The topological polar surface area (TPSA) is 37.8 Å². The number of rotatable bonds is 5. The summed E-state index contributed by atoms with van der Waals surface area (Å²) in [6.45, 7) is 2.01. The van der Waals surface area contributed by atoms with Gasteiger partial charge in [-0.15, -0.1) is 0 Å². The molecule has 1 aliphatic rings. The Morgan fingerprint density at radius 3 is 2.67 bits per heavy atom. The lowest BCUT2D eigenvalue weighted by Crippen LogP contribution is -2.29. The van der Waals surface area contributed by atoms with Gasteiger partial charge in [-0.25, -0.2) is 9.97 Å². The highest BCUT2D eigenvalue weighted by Gasteiger charge is 2.29. The molecule has 0 aromatic carbocycles. The molecule has 1 fully saturated rings. The summed E-state index contributed by atoms with van der Waals surface area (Å²) in [6, 6.07) is 0.625. The average Bonchev–Trinajstić information content (AvgIpc) is 3.06. The highest BCUT2D eigenvalue weighted by molar-refractivity contribution is 7.99. The molecule has 82 valence electrons. The third kappa shape index (κ3) is 3.18. The molecule has 3 nitrogen and oxygen atoms in total. The van der Waals surface area contributed by atoms with E-state index < -0.39 is 0 Å². The van der Waals surface area contributed by atoms with E-state index in [1.54, 1.807) is 11.8 Å². The molecule has 0 bridgehead atoms. The van der Waals surface area contributed by atoms with Gasteiger partial charge in [-0.3, -0.25) is 0 Å². The molecule has 1 saturated carbocycles. The van der Waals surface area contributed by atoms with Crippen LogP contribution in [-0.2, 0) is 0 Å². The van der Waals surface area contributed by atoms with Crippen molar-refractivity contribution in [1.82, 2.24) is 15.3 Å². The van der Waals surface area contributed by atoms with E-state index in [9.17, 15) is 0 Å². The summed E-state index contributed by atoms with van der Waals surface area (Å²) >= 11 is 1.75. The minimum atomic E-state index is 0.625. The van der Waals surface area contributed by atoms with Crippen LogP contribution in [0.15, 0.2) is 17.6 Å². The SMILES string of the molecule is CNC(CSc1ncc(C)cn1)C1CC1. The van der Waals surface area contributed by atoms with E-state index in [1.807, 2.05) is 26.4 Å². The van der Waals surface area contributed by atoms with Crippen molar-refractivity contribution in [2.24, 2.45) is 5.92 Å². The molecule has 1 N–H and O–H groups in total. The molecule has 0 aliphatic heterocycles. The summed E-state index contributed by atoms with van der Waals surface area (Å²) in [5.74, 6) is 1.96. The van der Waals surface area contributed by atoms with Crippen LogP contribution < -0.4 is 5.32 Å². The second-order valence-corrected chi connectivity index (χ2v) is 5.07. The standard InChI is InChI=1S/C11H17N3S/c1-8-5-13-11(14-6-8)15-7-10(12-2)9-3-4-9/h5-6,9-10,12H,3-4,7H2,1-2H3. The van der Waals surface area contributed by atoms with E-state index >= 15 is 0 Å². The van der Waals surface area contributed by atoms with Crippen molar-refractivity contribution in [3.63, 3.8) is 0 Å². The van der Waals surface area contributed by atoms with Crippen LogP contribution in [-0.4, -0.2) is 28.8 Å². The van der Waals surface area contributed by atoms with Gasteiger partial charge in [0.2, 0.25) is 0 Å². The monoisotopic (exact) mass is 223 g/mol. The molecule has 0 saturated heterocycles. The highest BCUT2D eigenvalue weighted by Crippen LogP contribution is 2.34. The Bertz CT molecular complexity index is 308.